The number of amides is 1. The van der Waals surface area contributed by atoms with Crippen molar-refractivity contribution in [3.8, 4) is 0 Å². The number of pyridine rings is 1. The number of carbonyl (C=O) groups is 1. The number of hydrogen-bond donors (Lipinski definition) is 1. The van der Waals surface area contributed by atoms with E-state index in [0.717, 1.165) is 10.9 Å². The Balaban J connectivity index is 1.85. The molecule has 0 radical (unpaired) electrons. The van der Waals surface area contributed by atoms with Gasteiger partial charge in [0, 0.05) is 29.4 Å². The average Bonchev–Trinajstić information content (AvgIpc) is 2.59. The van der Waals surface area contributed by atoms with Crippen molar-refractivity contribution in [1.82, 2.24) is 4.98 Å². The van der Waals surface area contributed by atoms with Crippen molar-refractivity contribution in [2.75, 3.05) is 11.1 Å². The van der Waals surface area contributed by atoms with E-state index in [9.17, 15) is 22.8 Å². The van der Waals surface area contributed by atoms with Gasteiger partial charge in [0.1, 0.15) is 10.6 Å². The second-order valence-corrected chi connectivity index (χ2v) is 6.64. The Morgan fingerprint density at radius 3 is 2.78 bits per heavy atom. The molecule has 0 spiro atoms. The topological polar surface area (TPSA) is 72.2 Å². The van der Waals surface area contributed by atoms with Crippen LogP contribution < -0.4 is 10.9 Å². The van der Waals surface area contributed by atoms with Gasteiger partial charge in [-0.05, 0) is 36.8 Å². The number of hydrogen-bond acceptors (Lipinski definition) is 5. The minimum absolute atomic E-state index is 0.0181. The zero-order valence-electron chi connectivity index (χ0n) is 14.0. The first-order valence-electron chi connectivity index (χ1n) is 7.73. The van der Waals surface area contributed by atoms with Crippen molar-refractivity contribution in [1.29, 1.82) is 0 Å². The highest BCUT2D eigenvalue weighted by molar-refractivity contribution is 7.99. The molecule has 0 saturated heterocycles. The first-order valence-corrected chi connectivity index (χ1v) is 8.72. The van der Waals surface area contributed by atoms with Crippen LogP contribution in [0.5, 0.6) is 0 Å². The molecule has 0 aliphatic carbocycles. The fourth-order valence-corrected chi connectivity index (χ4v) is 3.18. The molecule has 0 unspecified atom stereocenters. The number of halogens is 3. The monoisotopic (exact) mass is 394 g/mol. The van der Waals surface area contributed by atoms with E-state index in [1.54, 1.807) is 19.1 Å². The number of aryl methyl sites for hydroxylation is 1. The van der Waals surface area contributed by atoms with Crippen LogP contribution in [0.3, 0.4) is 0 Å². The minimum Gasteiger partial charge on any atom is -0.423 e. The summed E-state index contributed by atoms with van der Waals surface area (Å²) in [5, 5.41) is 3.29. The number of aromatic nitrogens is 1. The molecule has 1 amide bonds. The van der Waals surface area contributed by atoms with E-state index < -0.39 is 23.5 Å². The van der Waals surface area contributed by atoms with Crippen molar-refractivity contribution in [2.24, 2.45) is 0 Å². The lowest BCUT2D eigenvalue weighted by Crippen LogP contribution is -2.15. The molecule has 0 aliphatic rings. The zero-order valence-corrected chi connectivity index (χ0v) is 14.8. The van der Waals surface area contributed by atoms with Crippen LogP contribution in [0.25, 0.3) is 11.0 Å². The Kier molecular flexibility index (Phi) is 5.22. The quantitative estimate of drug-likeness (QED) is 0.524. The number of nitrogens with one attached hydrogen (secondary N) is 1. The highest BCUT2D eigenvalue weighted by Crippen LogP contribution is 2.28. The highest BCUT2D eigenvalue weighted by Gasteiger charge is 2.28. The summed E-state index contributed by atoms with van der Waals surface area (Å²) in [6, 6.07) is 9.01. The molecule has 0 fully saturated rings. The van der Waals surface area contributed by atoms with Crippen LogP contribution in [0.1, 0.15) is 15.9 Å². The molecule has 3 rings (SSSR count). The van der Waals surface area contributed by atoms with E-state index in [0.29, 0.717) is 23.0 Å². The van der Waals surface area contributed by atoms with Crippen molar-refractivity contribution < 1.29 is 22.4 Å². The SMILES string of the molecule is Cc1cc(=O)oc2cc(NC(=O)c3cccnc3SCC(F)(F)F)ccc12. The molecule has 0 aliphatic heterocycles. The molecule has 140 valence electrons. The zero-order chi connectivity index (χ0) is 19.6. The van der Waals surface area contributed by atoms with Crippen LogP contribution in [0.4, 0.5) is 18.9 Å². The van der Waals surface area contributed by atoms with Gasteiger partial charge in [-0.15, -0.1) is 0 Å². The first-order chi connectivity index (χ1) is 12.7. The highest BCUT2D eigenvalue weighted by atomic mass is 32.2. The van der Waals surface area contributed by atoms with E-state index in [1.165, 1.54) is 30.5 Å². The summed E-state index contributed by atoms with van der Waals surface area (Å²) in [5.74, 6) is -1.76. The van der Waals surface area contributed by atoms with E-state index in [-0.39, 0.29) is 10.6 Å². The maximum atomic E-state index is 12.5. The van der Waals surface area contributed by atoms with Crippen LogP contribution in [0.15, 0.2) is 56.8 Å². The third kappa shape index (κ3) is 4.68. The molecule has 1 N–H and O–H groups in total. The molecule has 2 aromatic heterocycles. The number of carbonyl (C=O) groups excluding carboxylic acids is 1. The number of fused-ring (bicyclic) bond motifs is 1. The molecule has 0 atom stereocenters. The summed E-state index contributed by atoms with van der Waals surface area (Å²) in [4.78, 5) is 27.9. The van der Waals surface area contributed by atoms with E-state index in [1.807, 2.05) is 0 Å². The second-order valence-electron chi connectivity index (χ2n) is 5.67. The molecule has 3 aromatic rings. The Bertz CT molecular complexity index is 1060. The molecular weight excluding hydrogens is 381 g/mol. The van der Waals surface area contributed by atoms with Gasteiger partial charge < -0.3 is 9.73 Å². The predicted molar refractivity (Wildman–Crippen MR) is 96.2 cm³/mol. The lowest BCUT2D eigenvalue weighted by molar-refractivity contribution is -0.105. The van der Waals surface area contributed by atoms with Gasteiger partial charge in [-0.1, -0.05) is 11.8 Å². The van der Waals surface area contributed by atoms with Crippen molar-refractivity contribution in [3.05, 3.63) is 64.1 Å². The van der Waals surface area contributed by atoms with Crippen molar-refractivity contribution in [3.63, 3.8) is 0 Å². The Labute approximate surface area is 155 Å². The van der Waals surface area contributed by atoms with Gasteiger partial charge in [-0.3, -0.25) is 4.79 Å². The lowest BCUT2D eigenvalue weighted by atomic mass is 10.1. The maximum Gasteiger partial charge on any atom is 0.398 e. The summed E-state index contributed by atoms with van der Waals surface area (Å²) in [6.45, 7) is 1.76. The fourth-order valence-electron chi connectivity index (χ4n) is 2.43. The van der Waals surface area contributed by atoms with Gasteiger partial charge in [0.05, 0.1) is 11.3 Å². The third-order valence-corrected chi connectivity index (χ3v) is 4.67. The Hall–Kier alpha value is -2.81. The molecule has 0 bridgehead atoms. The maximum absolute atomic E-state index is 12.5. The van der Waals surface area contributed by atoms with E-state index in [2.05, 4.69) is 10.3 Å². The molecule has 5 nitrogen and oxygen atoms in total. The molecular formula is C18H13F3N2O3S. The number of benzene rings is 1. The van der Waals surface area contributed by atoms with Crippen LogP contribution in [0.2, 0.25) is 0 Å². The van der Waals surface area contributed by atoms with Crippen LogP contribution >= 0.6 is 11.8 Å². The van der Waals surface area contributed by atoms with Gasteiger partial charge in [0.2, 0.25) is 0 Å². The standard InChI is InChI=1S/C18H13F3N2O3S/c1-10-7-15(24)26-14-8-11(4-5-12(10)14)23-16(25)13-3-2-6-22-17(13)27-9-18(19,20)21/h2-8H,9H2,1H3,(H,23,25). The summed E-state index contributed by atoms with van der Waals surface area (Å²) < 4.78 is 42.5. The summed E-state index contributed by atoms with van der Waals surface area (Å²) >= 11 is 0.443. The van der Waals surface area contributed by atoms with Gasteiger partial charge in [0.25, 0.3) is 5.91 Å². The minimum atomic E-state index is -4.37. The summed E-state index contributed by atoms with van der Waals surface area (Å²) in [6.07, 6.45) is -3.05. The van der Waals surface area contributed by atoms with Crippen LogP contribution in [-0.2, 0) is 0 Å². The van der Waals surface area contributed by atoms with Gasteiger partial charge in [0.15, 0.2) is 0 Å². The van der Waals surface area contributed by atoms with Gasteiger partial charge >= 0.3 is 11.8 Å². The number of thioether (sulfide) groups is 1. The Morgan fingerprint density at radius 2 is 2.04 bits per heavy atom. The summed E-state index contributed by atoms with van der Waals surface area (Å²) in [7, 11) is 0. The van der Waals surface area contributed by atoms with Crippen molar-refractivity contribution >= 4 is 34.3 Å². The van der Waals surface area contributed by atoms with E-state index >= 15 is 0 Å². The smallest absolute Gasteiger partial charge is 0.398 e. The molecule has 1 aromatic carbocycles. The number of anilines is 1. The lowest BCUT2D eigenvalue weighted by Gasteiger charge is -2.11. The van der Waals surface area contributed by atoms with Crippen molar-refractivity contribution in [2.45, 2.75) is 18.1 Å². The van der Waals surface area contributed by atoms with Gasteiger partial charge in [-0.2, -0.15) is 13.2 Å². The molecule has 9 heteroatoms. The van der Waals surface area contributed by atoms with E-state index in [4.69, 9.17) is 4.42 Å². The first kappa shape index (κ1) is 19.0. The number of rotatable bonds is 4. The molecule has 2 heterocycles. The average molecular weight is 394 g/mol. The van der Waals surface area contributed by atoms with Crippen LogP contribution in [0, 0.1) is 6.92 Å². The van der Waals surface area contributed by atoms with Crippen LogP contribution in [-0.4, -0.2) is 22.8 Å². The number of nitrogens with zero attached hydrogens (tertiary/aromatic N) is 1. The largest absolute Gasteiger partial charge is 0.423 e. The fraction of sp³-hybridized carbons (Fsp3) is 0.167. The third-order valence-electron chi connectivity index (χ3n) is 3.60. The molecule has 27 heavy (non-hydrogen) atoms. The Morgan fingerprint density at radius 1 is 1.26 bits per heavy atom. The van der Waals surface area contributed by atoms with Gasteiger partial charge in [-0.25, -0.2) is 9.78 Å². The summed E-state index contributed by atoms with van der Waals surface area (Å²) in [5.41, 5.74) is 0.892. The normalized spacial score (nSPS) is 11.6. The molecule has 0 saturated carbocycles. The number of alkyl halides is 3. The predicted octanol–water partition coefficient (Wildman–Crippen LogP) is 4.40. The second kappa shape index (κ2) is 7.43.